The normalized spacial score (nSPS) is 15.6. The van der Waals surface area contributed by atoms with Gasteiger partial charge in [-0.05, 0) is 68.3 Å². The van der Waals surface area contributed by atoms with Crippen LogP contribution in [-0.2, 0) is 21.4 Å². The maximum absolute atomic E-state index is 12.8. The van der Waals surface area contributed by atoms with E-state index in [-0.39, 0.29) is 18.4 Å². The molecule has 0 atom stereocenters. The number of carbonyl (C=O) groups is 1. The minimum Gasteiger partial charge on any atom is -0.459 e. The second-order valence-electron chi connectivity index (χ2n) is 7.98. The quantitative estimate of drug-likeness (QED) is 0.567. The summed E-state index contributed by atoms with van der Waals surface area (Å²) in [5.74, 6) is 1.07. The molecule has 0 radical (unpaired) electrons. The fraction of sp³-hybridized carbons (Fsp3) is 0.292. The SMILES string of the molecule is Cc1ccc(S(=O)(=O)N2CCC(C(=O)NCc3ccc(-c4ccc(Cl)cc4)o3)CC2)cc1. The number of hydrogen-bond acceptors (Lipinski definition) is 4. The number of benzene rings is 2. The van der Waals surface area contributed by atoms with Crippen LogP contribution in [0.2, 0.25) is 5.02 Å². The molecule has 32 heavy (non-hydrogen) atoms. The number of nitrogens with zero attached hydrogens (tertiary/aromatic N) is 1. The van der Waals surface area contributed by atoms with Gasteiger partial charge >= 0.3 is 0 Å². The Morgan fingerprint density at radius 3 is 2.34 bits per heavy atom. The van der Waals surface area contributed by atoms with Gasteiger partial charge in [0.15, 0.2) is 0 Å². The van der Waals surface area contributed by atoms with Crippen molar-refractivity contribution in [1.82, 2.24) is 9.62 Å². The molecule has 1 aromatic heterocycles. The van der Waals surface area contributed by atoms with Crippen LogP contribution in [0, 0.1) is 12.8 Å². The second-order valence-corrected chi connectivity index (χ2v) is 10.4. The van der Waals surface area contributed by atoms with Gasteiger partial charge in [-0.15, -0.1) is 0 Å². The Kier molecular flexibility index (Phi) is 6.69. The molecular formula is C24H25ClN2O4S. The Morgan fingerprint density at radius 2 is 1.69 bits per heavy atom. The first-order chi connectivity index (χ1) is 15.3. The maximum Gasteiger partial charge on any atom is 0.243 e. The van der Waals surface area contributed by atoms with Crippen LogP contribution in [0.1, 0.15) is 24.2 Å². The van der Waals surface area contributed by atoms with E-state index in [2.05, 4.69) is 5.32 Å². The number of hydrogen-bond donors (Lipinski definition) is 1. The van der Waals surface area contributed by atoms with Crippen LogP contribution in [0.25, 0.3) is 11.3 Å². The highest BCUT2D eigenvalue weighted by atomic mass is 35.5. The number of halogens is 1. The highest BCUT2D eigenvalue weighted by Crippen LogP contribution is 2.26. The van der Waals surface area contributed by atoms with Crippen molar-refractivity contribution in [2.75, 3.05) is 13.1 Å². The lowest BCUT2D eigenvalue weighted by Crippen LogP contribution is -2.42. The first kappa shape index (κ1) is 22.6. The van der Waals surface area contributed by atoms with Crippen molar-refractivity contribution in [2.24, 2.45) is 5.92 Å². The molecule has 1 aliphatic heterocycles. The number of piperidine rings is 1. The summed E-state index contributed by atoms with van der Waals surface area (Å²) >= 11 is 5.92. The highest BCUT2D eigenvalue weighted by molar-refractivity contribution is 7.89. The van der Waals surface area contributed by atoms with E-state index in [4.69, 9.17) is 16.0 Å². The van der Waals surface area contributed by atoms with E-state index in [0.717, 1.165) is 11.1 Å². The predicted molar refractivity (Wildman–Crippen MR) is 124 cm³/mol. The minimum atomic E-state index is -3.53. The molecule has 2 heterocycles. The maximum atomic E-state index is 12.8. The third-order valence-electron chi connectivity index (χ3n) is 5.71. The Labute approximate surface area is 193 Å². The minimum absolute atomic E-state index is 0.0816. The van der Waals surface area contributed by atoms with Crippen molar-refractivity contribution < 1.29 is 17.6 Å². The highest BCUT2D eigenvalue weighted by Gasteiger charge is 2.32. The zero-order valence-electron chi connectivity index (χ0n) is 17.8. The van der Waals surface area contributed by atoms with Gasteiger partial charge in [0.2, 0.25) is 15.9 Å². The smallest absolute Gasteiger partial charge is 0.243 e. The fourth-order valence-corrected chi connectivity index (χ4v) is 5.37. The van der Waals surface area contributed by atoms with E-state index in [0.29, 0.717) is 47.4 Å². The summed E-state index contributed by atoms with van der Waals surface area (Å²) in [4.78, 5) is 12.9. The molecule has 1 amide bonds. The average molecular weight is 473 g/mol. The molecule has 1 aliphatic rings. The molecule has 1 saturated heterocycles. The molecule has 3 aromatic rings. The number of amides is 1. The third kappa shape index (κ3) is 5.06. The molecule has 0 bridgehead atoms. The summed E-state index contributed by atoms with van der Waals surface area (Å²) < 4.78 is 32.9. The fourth-order valence-electron chi connectivity index (χ4n) is 3.78. The Hall–Kier alpha value is -2.61. The van der Waals surface area contributed by atoms with Crippen molar-refractivity contribution in [3.8, 4) is 11.3 Å². The summed E-state index contributed by atoms with van der Waals surface area (Å²) in [6, 6.07) is 17.9. The van der Waals surface area contributed by atoms with E-state index in [9.17, 15) is 13.2 Å². The van der Waals surface area contributed by atoms with Crippen molar-refractivity contribution in [1.29, 1.82) is 0 Å². The number of aryl methyl sites for hydroxylation is 1. The summed E-state index contributed by atoms with van der Waals surface area (Å²) in [5, 5.41) is 3.57. The van der Waals surface area contributed by atoms with E-state index >= 15 is 0 Å². The molecule has 0 unspecified atom stereocenters. The Morgan fingerprint density at radius 1 is 1.03 bits per heavy atom. The van der Waals surface area contributed by atoms with Crippen molar-refractivity contribution in [3.05, 3.63) is 77.0 Å². The van der Waals surface area contributed by atoms with Crippen molar-refractivity contribution in [2.45, 2.75) is 31.2 Å². The van der Waals surface area contributed by atoms with Crippen LogP contribution in [0.4, 0.5) is 0 Å². The largest absolute Gasteiger partial charge is 0.459 e. The monoisotopic (exact) mass is 472 g/mol. The van der Waals surface area contributed by atoms with E-state index in [1.807, 2.05) is 31.2 Å². The van der Waals surface area contributed by atoms with Crippen LogP contribution in [0.15, 0.2) is 70.0 Å². The zero-order chi connectivity index (χ0) is 22.7. The number of rotatable bonds is 6. The molecule has 0 aliphatic carbocycles. The number of furan rings is 1. The number of sulfonamides is 1. The average Bonchev–Trinajstić information content (AvgIpc) is 3.27. The molecule has 1 N–H and O–H groups in total. The zero-order valence-corrected chi connectivity index (χ0v) is 19.3. The van der Waals surface area contributed by atoms with Gasteiger partial charge in [0.25, 0.3) is 0 Å². The summed E-state index contributed by atoms with van der Waals surface area (Å²) in [7, 11) is -3.53. The number of nitrogens with one attached hydrogen (secondary N) is 1. The van der Waals surface area contributed by atoms with Gasteiger partial charge in [-0.2, -0.15) is 4.31 Å². The number of carbonyl (C=O) groups excluding carboxylic acids is 1. The first-order valence-electron chi connectivity index (χ1n) is 10.5. The van der Waals surface area contributed by atoms with E-state index in [1.54, 1.807) is 36.4 Å². The molecular weight excluding hydrogens is 448 g/mol. The molecule has 0 spiro atoms. The van der Waals surface area contributed by atoms with Crippen LogP contribution in [-0.4, -0.2) is 31.7 Å². The molecule has 168 valence electrons. The van der Waals surface area contributed by atoms with E-state index in [1.165, 1.54) is 4.31 Å². The van der Waals surface area contributed by atoms with Crippen molar-refractivity contribution >= 4 is 27.5 Å². The lowest BCUT2D eigenvalue weighted by Gasteiger charge is -2.30. The van der Waals surface area contributed by atoms with Gasteiger partial charge in [0.05, 0.1) is 11.4 Å². The van der Waals surface area contributed by atoms with Crippen LogP contribution >= 0.6 is 11.6 Å². The Balaban J connectivity index is 1.29. The van der Waals surface area contributed by atoms with Crippen LogP contribution < -0.4 is 5.32 Å². The lowest BCUT2D eigenvalue weighted by atomic mass is 9.97. The van der Waals surface area contributed by atoms with Gasteiger partial charge in [0.1, 0.15) is 11.5 Å². The lowest BCUT2D eigenvalue weighted by molar-refractivity contribution is -0.126. The molecule has 1 fully saturated rings. The van der Waals surface area contributed by atoms with Gasteiger partial charge in [-0.25, -0.2) is 8.42 Å². The topological polar surface area (TPSA) is 79.6 Å². The molecule has 6 nitrogen and oxygen atoms in total. The molecule has 8 heteroatoms. The first-order valence-corrected chi connectivity index (χ1v) is 12.3. The van der Waals surface area contributed by atoms with Gasteiger partial charge in [-0.3, -0.25) is 4.79 Å². The van der Waals surface area contributed by atoms with Crippen LogP contribution in [0.5, 0.6) is 0 Å². The third-order valence-corrected chi connectivity index (χ3v) is 7.88. The van der Waals surface area contributed by atoms with Crippen molar-refractivity contribution in [3.63, 3.8) is 0 Å². The summed E-state index contributed by atoms with van der Waals surface area (Å²) in [6.07, 6.45) is 0.982. The standard InChI is InChI=1S/C24H25ClN2O4S/c1-17-2-9-22(10-3-17)32(29,30)27-14-12-19(13-15-27)24(28)26-16-21-8-11-23(31-21)18-4-6-20(25)7-5-18/h2-11,19H,12-16H2,1H3,(H,26,28). The van der Waals surface area contributed by atoms with Gasteiger partial charge in [0, 0.05) is 29.6 Å². The predicted octanol–water partition coefficient (Wildman–Crippen LogP) is 4.63. The molecule has 0 saturated carbocycles. The summed E-state index contributed by atoms with van der Waals surface area (Å²) in [6.45, 7) is 2.86. The van der Waals surface area contributed by atoms with E-state index < -0.39 is 10.0 Å². The van der Waals surface area contributed by atoms with Gasteiger partial charge < -0.3 is 9.73 Å². The van der Waals surface area contributed by atoms with Gasteiger partial charge in [-0.1, -0.05) is 29.3 Å². The van der Waals surface area contributed by atoms with Crippen LogP contribution in [0.3, 0.4) is 0 Å². The summed E-state index contributed by atoms with van der Waals surface area (Å²) in [5.41, 5.74) is 1.92. The molecule has 4 rings (SSSR count). The second kappa shape index (κ2) is 9.48. The Bertz CT molecular complexity index is 1180. The molecule has 2 aromatic carbocycles.